The van der Waals surface area contributed by atoms with E-state index in [1.807, 2.05) is 31.2 Å². The van der Waals surface area contributed by atoms with E-state index in [2.05, 4.69) is 9.97 Å². The van der Waals surface area contributed by atoms with Crippen molar-refractivity contribution in [3.8, 4) is 0 Å². The van der Waals surface area contributed by atoms with Crippen LogP contribution in [0.4, 0.5) is 0 Å². The van der Waals surface area contributed by atoms with Crippen molar-refractivity contribution in [3.05, 3.63) is 53.3 Å². The van der Waals surface area contributed by atoms with Gasteiger partial charge < -0.3 is 5.73 Å². The van der Waals surface area contributed by atoms with Gasteiger partial charge in [-0.3, -0.25) is 5.41 Å². The maximum Gasteiger partial charge on any atom is 0.187 e. The Morgan fingerprint density at radius 1 is 1.28 bits per heavy atom. The van der Waals surface area contributed by atoms with Gasteiger partial charge in [0, 0.05) is 23.7 Å². The highest BCUT2D eigenvalue weighted by Crippen LogP contribution is 2.21. The Morgan fingerprint density at radius 3 is 2.61 bits per heavy atom. The molecule has 0 fully saturated rings. The Bertz CT molecular complexity index is 551. The molecule has 2 rings (SSSR count). The zero-order valence-corrected chi connectivity index (χ0v) is 10.9. The van der Waals surface area contributed by atoms with Gasteiger partial charge in [-0.15, -0.1) is 0 Å². The third kappa shape index (κ3) is 3.07. The fourth-order valence-corrected chi connectivity index (χ4v) is 2.30. The number of benzene rings is 1. The lowest BCUT2D eigenvalue weighted by molar-refractivity contribution is 0.949. The highest BCUT2D eigenvalue weighted by atomic mass is 32.2. The van der Waals surface area contributed by atoms with Crippen molar-refractivity contribution in [3.63, 3.8) is 0 Å². The average molecular weight is 258 g/mol. The third-order valence-corrected chi connectivity index (χ3v) is 3.35. The van der Waals surface area contributed by atoms with Crippen LogP contribution in [0.3, 0.4) is 0 Å². The molecule has 0 aliphatic heterocycles. The molecule has 0 bridgehead atoms. The fourth-order valence-electron chi connectivity index (χ4n) is 1.51. The molecular weight excluding hydrogens is 244 g/mol. The number of aryl methyl sites for hydroxylation is 1. The van der Waals surface area contributed by atoms with Crippen molar-refractivity contribution in [2.45, 2.75) is 17.8 Å². The number of aromatic nitrogens is 2. The van der Waals surface area contributed by atoms with Gasteiger partial charge in [-0.25, -0.2) is 9.97 Å². The molecule has 1 aromatic heterocycles. The first kappa shape index (κ1) is 12.6. The standard InChI is InChI=1S/C13H14N4S/c1-9-6-16-13(17-7-9)18-8-10-4-2-3-5-11(10)12(14)15/h2-7H,8H2,1H3,(H3,14,15). The number of hydrogen-bond donors (Lipinski definition) is 2. The Kier molecular flexibility index (Phi) is 3.94. The molecule has 18 heavy (non-hydrogen) atoms. The van der Waals surface area contributed by atoms with Crippen molar-refractivity contribution in [1.29, 1.82) is 5.41 Å². The Balaban J connectivity index is 2.10. The molecule has 0 atom stereocenters. The summed E-state index contributed by atoms with van der Waals surface area (Å²) in [6, 6.07) is 7.65. The number of amidine groups is 1. The second-order valence-electron chi connectivity index (χ2n) is 3.90. The number of nitrogen functional groups attached to an aromatic ring is 1. The molecule has 3 N–H and O–H groups in total. The summed E-state index contributed by atoms with van der Waals surface area (Å²) < 4.78 is 0. The molecule has 1 heterocycles. The first-order valence-corrected chi connectivity index (χ1v) is 6.49. The highest BCUT2D eigenvalue weighted by Gasteiger charge is 2.05. The quantitative estimate of drug-likeness (QED) is 0.382. The van der Waals surface area contributed by atoms with Crippen LogP contribution in [-0.2, 0) is 5.75 Å². The number of nitrogens with one attached hydrogen (secondary N) is 1. The second-order valence-corrected chi connectivity index (χ2v) is 4.84. The minimum atomic E-state index is 0.0935. The van der Waals surface area contributed by atoms with Gasteiger partial charge in [0.2, 0.25) is 0 Å². The number of thioether (sulfide) groups is 1. The molecule has 5 heteroatoms. The topological polar surface area (TPSA) is 75.7 Å². The molecular formula is C13H14N4S. The predicted molar refractivity (Wildman–Crippen MR) is 73.8 cm³/mol. The van der Waals surface area contributed by atoms with E-state index in [0.717, 1.165) is 21.8 Å². The van der Waals surface area contributed by atoms with E-state index >= 15 is 0 Å². The van der Waals surface area contributed by atoms with Crippen molar-refractivity contribution in [2.24, 2.45) is 5.73 Å². The predicted octanol–water partition coefficient (Wildman–Crippen LogP) is 2.36. The van der Waals surface area contributed by atoms with Crippen LogP contribution in [0.5, 0.6) is 0 Å². The summed E-state index contributed by atoms with van der Waals surface area (Å²) in [6.07, 6.45) is 3.60. The lowest BCUT2D eigenvalue weighted by Gasteiger charge is -2.06. The Labute approximate surface area is 110 Å². The van der Waals surface area contributed by atoms with E-state index in [-0.39, 0.29) is 5.84 Å². The summed E-state index contributed by atoms with van der Waals surface area (Å²) in [5.41, 5.74) is 8.39. The van der Waals surface area contributed by atoms with Gasteiger partial charge in [0.05, 0.1) is 0 Å². The Morgan fingerprint density at radius 2 is 1.94 bits per heavy atom. The fraction of sp³-hybridized carbons (Fsp3) is 0.154. The van der Waals surface area contributed by atoms with E-state index in [9.17, 15) is 0 Å². The maximum absolute atomic E-state index is 7.52. The summed E-state index contributed by atoms with van der Waals surface area (Å²) in [6.45, 7) is 1.96. The molecule has 4 nitrogen and oxygen atoms in total. The summed E-state index contributed by atoms with van der Waals surface area (Å²) in [4.78, 5) is 8.47. The largest absolute Gasteiger partial charge is 0.384 e. The van der Waals surface area contributed by atoms with E-state index in [0.29, 0.717) is 5.75 Å². The summed E-state index contributed by atoms with van der Waals surface area (Å²) in [5, 5.41) is 8.26. The van der Waals surface area contributed by atoms with Crippen LogP contribution >= 0.6 is 11.8 Å². The molecule has 0 spiro atoms. The first-order chi connectivity index (χ1) is 8.66. The van der Waals surface area contributed by atoms with Gasteiger partial charge >= 0.3 is 0 Å². The van der Waals surface area contributed by atoms with Crippen LogP contribution in [0, 0.1) is 12.3 Å². The van der Waals surface area contributed by atoms with Crippen LogP contribution in [0.15, 0.2) is 41.8 Å². The normalized spacial score (nSPS) is 10.3. The first-order valence-electron chi connectivity index (χ1n) is 5.50. The van der Waals surface area contributed by atoms with E-state index in [4.69, 9.17) is 11.1 Å². The zero-order chi connectivity index (χ0) is 13.0. The minimum Gasteiger partial charge on any atom is -0.384 e. The summed E-state index contributed by atoms with van der Waals surface area (Å²) >= 11 is 1.54. The molecule has 0 unspecified atom stereocenters. The molecule has 0 aliphatic rings. The van der Waals surface area contributed by atoms with Crippen molar-refractivity contribution in [2.75, 3.05) is 0 Å². The summed E-state index contributed by atoms with van der Waals surface area (Å²) in [5.74, 6) is 0.801. The van der Waals surface area contributed by atoms with Crippen LogP contribution in [-0.4, -0.2) is 15.8 Å². The van der Waals surface area contributed by atoms with Crippen LogP contribution in [0.2, 0.25) is 0 Å². The molecule has 1 aromatic carbocycles. The van der Waals surface area contributed by atoms with Crippen LogP contribution in [0.1, 0.15) is 16.7 Å². The SMILES string of the molecule is Cc1cnc(SCc2ccccc2C(=N)N)nc1. The number of nitrogens with two attached hydrogens (primary N) is 1. The lowest BCUT2D eigenvalue weighted by Crippen LogP contribution is -2.13. The maximum atomic E-state index is 7.52. The van der Waals surface area contributed by atoms with E-state index in [1.165, 1.54) is 11.8 Å². The van der Waals surface area contributed by atoms with Crippen molar-refractivity contribution < 1.29 is 0 Å². The molecule has 0 radical (unpaired) electrons. The number of hydrogen-bond acceptors (Lipinski definition) is 4. The molecule has 92 valence electrons. The van der Waals surface area contributed by atoms with E-state index < -0.39 is 0 Å². The second kappa shape index (κ2) is 5.64. The van der Waals surface area contributed by atoms with Gasteiger partial charge in [0.1, 0.15) is 5.84 Å². The highest BCUT2D eigenvalue weighted by molar-refractivity contribution is 7.98. The molecule has 0 saturated heterocycles. The molecule has 2 aromatic rings. The van der Waals surface area contributed by atoms with Gasteiger partial charge in [-0.1, -0.05) is 36.0 Å². The molecule has 0 aliphatic carbocycles. The number of nitrogens with zero attached hydrogens (tertiary/aromatic N) is 2. The lowest BCUT2D eigenvalue weighted by atomic mass is 10.1. The van der Waals surface area contributed by atoms with Gasteiger partial charge in [-0.2, -0.15) is 0 Å². The van der Waals surface area contributed by atoms with Crippen molar-refractivity contribution in [1.82, 2.24) is 9.97 Å². The third-order valence-electron chi connectivity index (χ3n) is 2.42. The van der Waals surface area contributed by atoms with Gasteiger partial charge in [0.15, 0.2) is 5.16 Å². The van der Waals surface area contributed by atoms with Gasteiger partial charge in [-0.05, 0) is 18.1 Å². The average Bonchev–Trinajstić information content (AvgIpc) is 2.38. The minimum absolute atomic E-state index is 0.0935. The Hall–Kier alpha value is -1.88. The smallest absolute Gasteiger partial charge is 0.187 e. The molecule has 0 amide bonds. The van der Waals surface area contributed by atoms with Gasteiger partial charge in [0.25, 0.3) is 0 Å². The summed E-state index contributed by atoms with van der Waals surface area (Å²) in [7, 11) is 0. The van der Waals surface area contributed by atoms with E-state index in [1.54, 1.807) is 12.4 Å². The van der Waals surface area contributed by atoms with Crippen LogP contribution < -0.4 is 5.73 Å². The van der Waals surface area contributed by atoms with Crippen molar-refractivity contribution >= 4 is 17.6 Å². The molecule has 0 saturated carbocycles. The number of rotatable bonds is 4. The van der Waals surface area contributed by atoms with Crippen LogP contribution in [0.25, 0.3) is 0 Å². The zero-order valence-electron chi connectivity index (χ0n) is 10.1. The monoisotopic (exact) mass is 258 g/mol.